The normalized spacial score (nSPS) is 10.9. The first-order valence-corrected chi connectivity index (χ1v) is 7.70. The van der Waals surface area contributed by atoms with E-state index in [-0.39, 0.29) is 0 Å². The molecular formula is C17H19Cl2NO. The molecule has 2 aromatic carbocycles. The van der Waals surface area contributed by atoms with Gasteiger partial charge in [-0.2, -0.15) is 0 Å². The molecule has 0 aromatic heterocycles. The maximum absolute atomic E-state index is 6.11. The van der Waals surface area contributed by atoms with Crippen molar-refractivity contribution in [2.75, 3.05) is 0 Å². The molecule has 0 unspecified atom stereocenters. The van der Waals surface area contributed by atoms with Gasteiger partial charge in [0.25, 0.3) is 0 Å². The second-order valence-electron chi connectivity index (χ2n) is 5.17. The van der Waals surface area contributed by atoms with Gasteiger partial charge >= 0.3 is 0 Å². The lowest BCUT2D eigenvalue weighted by Gasteiger charge is -2.14. The number of halogens is 2. The Morgan fingerprint density at radius 3 is 2.48 bits per heavy atom. The summed E-state index contributed by atoms with van der Waals surface area (Å²) >= 11 is 12.1. The second-order valence-corrected chi connectivity index (χ2v) is 6.01. The van der Waals surface area contributed by atoms with Gasteiger partial charge in [0.05, 0.1) is 5.02 Å². The van der Waals surface area contributed by atoms with Crippen LogP contribution in [0.5, 0.6) is 5.75 Å². The minimum absolute atomic E-state index is 0.446. The van der Waals surface area contributed by atoms with Crippen molar-refractivity contribution in [3.8, 4) is 5.75 Å². The van der Waals surface area contributed by atoms with Crippen molar-refractivity contribution >= 4 is 23.2 Å². The van der Waals surface area contributed by atoms with Gasteiger partial charge in [0, 0.05) is 23.7 Å². The van der Waals surface area contributed by atoms with Crippen molar-refractivity contribution in [3.63, 3.8) is 0 Å². The van der Waals surface area contributed by atoms with Gasteiger partial charge in [0.1, 0.15) is 12.4 Å². The molecule has 0 spiro atoms. The average molecular weight is 324 g/mol. The van der Waals surface area contributed by atoms with Crippen LogP contribution in [0.25, 0.3) is 0 Å². The van der Waals surface area contributed by atoms with Crippen molar-refractivity contribution in [1.29, 1.82) is 0 Å². The summed E-state index contributed by atoms with van der Waals surface area (Å²) in [7, 11) is 0. The summed E-state index contributed by atoms with van der Waals surface area (Å²) in [4.78, 5) is 0. The summed E-state index contributed by atoms with van der Waals surface area (Å²) in [6.45, 7) is 5.55. The number of hydrogen-bond acceptors (Lipinski definition) is 2. The van der Waals surface area contributed by atoms with E-state index in [1.807, 2.05) is 12.1 Å². The van der Waals surface area contributed by atoms with Gasteiger partial charge in [-0.15, -0.1) is 0 Å². The Kier molecular flexibility index (Phi) is 5.92. The first-order valence-electron chi connectivity index (χ1n) is 6.94. The number of benzene rings is 2. The topological polar surface area (TPSA) is 21.3 Å². The van der Waals surface area contributed by atoms with Crippen LogP contribution < -0.4 is 10.1 Å². The Balaban J connectivity index is 2.07. The standard InChI is InChI=1S/C17H19Cl2NO/c1-12(2)20-10-13-5-3-4-6-14(13)11-21-17-9-15(18)7-8-16(17)19/h3-9,12,20H,10-11H2,1-2H3. The van der Waals surface area contributed by atoms with Crippen LogP contribution in [0.1, 0.15) is 25.0 Å². The highest BCUT2D eigenvalue weighted by Gasteiger charge is 2.06. The van der Waals surface area contributed by atoms with Gasteiger partial charge in [-0.3, -0.25) is 0 Å². The molecule has 0 aliphatic rings. The lowest BCUT2D eigenvalue weighted by Crippen LogP contribution is -2.22. The molecule has 4 heteroatoms. The third-order valence-corrected chi connectivity index (χ3v) is 3.64. The lowest BCUT2D eigenvalue weighted by atomic mass is 10.1. The quantitative estimate of drug-likeness (QED) is 0.801. The van der Waals surface area contributed by atoms with Gasteiger partial charge in [-0.05, 0) is 23.3 Å². The van der Waals surface area contributed by atoms with Crippen molar-refractivity contribution in [2.45, 2.75) is 33.0 Å². The largest absolute Gasteiger partial charge is 0.487 e. The Hall–Kier alpha value is -1.22. The summed E-state index contributed by atoms with van der Waals surface area (Å²) in [5.41, 5.74) is 2.37. The summed E-state index contributed by atoms with van der Waals surface area (Å²) in [5.74, 6) is 0.607. The van der Waals surface area contributed by atoms with Crippen molar-refractivity contribution < 1.29 is 4.74 Å². The molecule has 0 heterocycles. The zero-order chi connectivity index (χ0) is 15.2. The Morgan fingerprint density at radius 1 is 1.05 bits per heavy atom. The van der Waals surface area contributed by atoms with E-state index in [1.165, 1.54) is 5.56 Å². The predicted molar refractivity (Wildman–Crippen MR) is 89.2 cm³/mol. The van der Waals surface area contributed by atoms with E-state index in [9.17, 15) is 0 Å². The molecule has 2 rings (SSSR count). The monoisotopic (exact) mass is 323 g/mol. The van der Waals surface area contributed by atoms with E-state index in [0.717, 1.165) is 12.1 Å². The molecule has 21 heavy (non-hydrogen) atoms. The molecule has 0 fully saturated rings. The first-order chi connectivity index (χ1) is 10.1. The molecule has 0 atom stereocenters. The predicted octanol–water partition coefficient (Wildman–Crippen LogP) is 5.07. The average Bonchev–Trinajstić information content (AvgIpc) is 2.47. The molecule has 112 valence electrons. The van der Waals surface area contributed by atoms with Crippen molar-refractivity contribution in [3.05, 3.63) is 63.6 Å². The molecule has 1 N–H and O–H groups in total. The Labute approximate surface area is 136 Å². The molecule has 0 aliphatic heterocycles. The van der Waals surface area contributed by atoms with Gasteiger partial charge in [0.15, 0.2) is 0 Å². The third kappa shape index (κ3) is 4.92. The SMILES string of the molecule is CC(C)NCc1ccccc1COc1cc(Cl)ccc1Cl. The van der Waals surface area contributed by atoms with E-state index in [0.29, 0.717) is 28.4 Å². The molecular weight excluding hydrogens is 305 g/mol. The van der Waals surface area contributed by atoms with Crippen LogP contribution in [0.3, 0.4) is 0 Å². The van der Waals surface area contributed by atoms with Crippen LogP contribution in [-0.4, -0.2) is 6.04 Å². The summed E-state index contributed by atoms with van der Waals surface area (Å²) in [6, 6.07) is 13.9. The summed E-state index contributed by atoms with van der Waals surface area (Å²) in [6.07, 6.45) is 0. The lowest BCUT2D eigenvalue weighted by molar-refractivity contribution is 0.304. The smallest absolute Gasteiger partial charge is 0.139 e. The molecule has 0 amide bonds. The van der Waals surface area contributed by atoms with E-state index in [4.69, 9.17) is 27.9 Å². The third-order valence-electron chi connectivity index (χ3n) is 3.10. The zero-order valence-corrected chi connectivity index (χ0v) is 13.7. The fourth-order valence-electron chi connectivity index (χ4n) is 1.93. The number of rotatable bonds is 6. The van der Waals surface area contributed by atoms with Crippen molar-refractivity contribution in [1.82, 2.24) is 5.32 Å². The van der Waals surface area contributed by atoms with Crippen molar-refractivity contribution in [2.24, 2.45) is 0 Å². The van der Waals surface area contributed by atoms with Crippen LogP contribution in [0.2, 0.25) is 10.0 Å². The molecule has 0 bridgehead atoms. The highest BCUT2D eigenvalue weighted by Crippen LogP contribution is 2.28. The van der Waals surface area contributed by atoms with Crippen LogP contribution >= 0.6 is 23.2 Å². The van der Waals surface area contributed by atoms with Crippen LogP contribution in [-0.2, 0) is 13.2 Å². The highest BCUT2D eigenvalue weighted by atomic mass is 35.5. The number of ether oxygens (including phenoxy) is 1. The van der Waals surface area contributed by atoms with Gasteiger partial charge in [0.2, 0.25) is 0 Å². The molecule has 2 aromatic rings. The maximum Gasteiger partial charge on any atom is 0.139 e. The van der Waals surface area contributed by atoms with Gasteiger partial charge < -0.3 is 10.1 Å². The Morgan fingerprint density at radius 2 is 1.76 bits per heavy atom. The number of nitrogens with one attached hydrogen (secondary N) is 1. The van der Waals surface area contributed by atoms with Crippen LogP contribution in [0.4, 0.5) is 0 Å². The minimum Gasteiger partial charge on any atom is -0.487 e. The minimum atomic E-state index is 0.446. The number of hydrogen-bond donors (Lipinski definition) is 1. The van der Waals surface area contributed by atoms with E-state index in [2.05, 4.69) is 31.3 Å². The fourth-order valence-corrected chi connectivity index (χ4v) is 2.26. The first kappa shape index (κ1) is 16.2. The fraction of sp³-hybridized carbons (Fsp3) is 0.294. The summed E-state index contributed by atoms with van der Waals surface area (Å²) < 4.78 is 5.81. The molecule has 0 radical (unpaired) electrons. The summed E-state index contributed by atoms with van der Waals surface area (Å²) in [5, 5.41) is 4.60. The van der Waals surface area contributed by atoms with Gasteiger partial charge in [-0.25, -0.2) is 0 Å². The van der Waals surface area contributed by atoms with Gasteiger partial charge in [-0.1, -0.05) is 61.3 Å². The van der Waals surface area contributed by atoms with E-state index < -0.39 is 0 Å². The molecule has 0 saturated heterocycles. The van der Waals surface area contributed by atoms with E-state index >= 15 is 0 Å². The molecule has 2 nitrogen and oxygen atoms in total. The van der Waals surface area contributed by atoms with Crippen LogP contribution in [0, 0.1) is 0 Å². The molecule has 0 saturated carbocycles. The highest BCUT2D eigenvalue weighted by molar-refractivity contribution is 6.34. The second kappa shape index (κ2) is 7.69. The van der Waals surface area contributed by atoms with Crippen LogP contribution in [0.15, 0.2) is 42.5 Å². The molecule has 0 aliphatic carbocycles. The Bertz CT molecular complexity index is 599. The maximum atomic E-state index is 6.11. The zero-order valence-electron chi connectivity index (χ0n) is 12.2. The van der Waals surface area contributed by atoms with E-state index in [1.54, 1.807) is 18.2 Å².